The molecule has 20 heavy (non-hydrogen) atoms. The van der Waals surface area contributed by atoms with Crippen molar-refractivity contribution in [1.29, 1.82) is 0 Å². The Kier molecular flexibility index (Phi) is 3.94. The molecule has 6 heteroatoms. The van der Waals surface area contributed by atoms with Crippen molar-refractivity contribution in [3.8, 4) is 10.6 Å². The Bertz CT molecular complexity index is 590. The smallest absolute Gasteiger partial charge is 0.149 e. The molecule has 2 aromatic rings. The highest BCUT2D eigenvalue weighted by Gasteiger charge is 2.24. The molecular weight excluding hydrogens is 288 g/mol. The minimum absolute atomic E-state index is 0.589. The van der Waals surface area contributed by atoms with Crippen LogP contribution in [0.15, 0.2) is 5.38 Å². The molecule has 1 aliphatic rings. The number of aromatic nitrogens is 2. The van der Waals surface area contributed by atoms with Crippen LogP contribution in [0.5, 0.6) is 0 Å². The van der Waals surface area contributed by atoms with Crippen LogP contribution in [-0.4, -0.2) is 15.9 Å². The van der Waals surface area contributed by atoms with Crippen LogP contribution < -0.4 is 11.1 Å². The largest absolute Gasteiger partial charge is 0.382 e. The lowest BCUT2D eigenvalue weighted by Crippen LogP contribution is -2.16. The van der Waals surface area contributed by atoms with Gasteiger partial charge in [-0.3, -0.25) is 0 Å². The minimum atomic E-state index is 0.589. The SMILES string of the molecule is Cc1csc(-c2c(N)nsc2NCC2CCCC2C)n1. The molecule has 4 nitrogen and oxygen atoms in total. The van der Waals surface area contributed by atoms with Gasteiger partial charge in [0.15, 0.2) is 0 Å². The lowest BCUT2D eigenvalue weighted by Gasteiger charge is -2.16. The average Bonchev–Trinajstić information content (AvgIpc) is 3.09. The van der Waals surface area contributed by atoms with Crippen molar-refractivity contribution in [1.82, 2.24) is 9.36 Å². The predicted molar refractivity (Wildman–Crippen MR) is 87.4 cm³/mol. The zero-order valence-electron chi connectivity index (χ0n) is 11.8. The predicted octanol–water partition coefficient (Wildman–Crippen LogP) is 4.01. The van der Waals surface area contributed by atoms with Gasteiger partial charge in [0.2, 0.25) is 0 Å². The fourth-order valence-corrected chi connectivity index (χ4v) is 4.49. The molecular formula is C14H20N4S2. The van der Waals surface area contributed by atoms with E-state index in [0.717, 1.165) is 39.6 Å². The molecule has 0 radical (unpaired) electrons. The number of anilines is 2. The topological polar surface area (TPSA) is 63.8 Å². The molecule has 1 saturated carbocycles. The Hall–Kier alpha value is -1.14. The van der Waals surface area contributed by atoms with Crippen molar-refractivity contribution in [2.24, 2.45) is 11.8 Å². The van der Waals surface area contributed by atoms with Gasteiger partial charge < -0.3 is 11.1 Å². The van der Waals surface area contributed by atoms with Gasteiger partial charge in [-0.2, -0.15) is 4.37 Å². The van der Waals surface area contributed by atoms with Crippen LogP contribution >= 0.6 is 22.9 Å². The molecule has 1 aliphatic carbocycles. The van der Waals surface area contributed by atoms with Gasteiger partial charge in [-0.1, -0.05) is 19.8 Å². The number of hydrogen-bond donors (Lipinski definition) is 2. The number of nitrogens with one attached hydrogen (secondary N) is 1. The maximum absolute atomic E-state index is 6.02. The number of rotatable bonds is 4. The van der Waals surface area contributed by atoms with Gasteiger partial charge >= 0.3 is 0 Å². The maximum Gasteiger partial charge on any atom is 0.149 e. The summed E-state index contributed by atoms with van der Waals surface area (Å²) in [5, 5.41) is 7.64. The lowest BCUT2D eigenvalue weighted by molar-refractivity contribution is 0.440. The highest BCUT2D eigenvalue weighted by molar-refractivity contribution is 7.15. The van der Waals surface area contributed by atoms with E-state index in [1.54, 1.807) is 11.3 Å². The van der Waals surface area contributed by atoms with Crippen LogP contribution in [-0.2, 0) is 0 Å². The Morgan fingerprint density at radius 3 is 2.95 bits per heavy atom. The Morgan fingerprint density at radius 2 is 2.30 bits per heavy atom. The van der Waals surface area contributed by atoms with Gasteiger partial charge in [-0.05, 0) is 36.7 Å². The molecule has 0 bridgehead atoms. The first-order valence-electron chi connectivity index (χ1n) is 7.06. The van der Waals surface area contributed by atoms with E-state index >= 15 is 0 Å². The van der Waals surface area contributed by atoms with E-state index in [1.165, 1.54) is 30.8 Å². The van der Waals surface area contributed by atoms with Crippen LogP contribution in [0.4, 0.5) is 10.8 Å². The maximum atomic E-state index is 6.02. The number of hydrogen-bond acceptors (Lipinski definition) is 6. The molecule has 108 valence electrons. The van der Waals surface area contributed by atoms with Crippen LogP contribution in [0.2, 0.25) is 0 Å². The second-order valence-electron chi connectivity index (χ2n) is 5.62. The van der Waals surface area contributed by atoms with E-state index < -0.39 is 0 Å². The van der Waals surface area contributed by atoms with Gasteiger partial charge in [0.05, 0.1) is 5.56 Å². The molecule has 2 heterocycles. The first-order chi connectivity index (χ1) is 9.65. The summed E-state index contributed by atoms with van der Waals surface area (Å²) in [7, 11) is 0. The molecule has 0 aliphatic heterocycles. The van der Waals surface area contributed by atoms with Gasteiger partial charge in [-0.15, -0.1) is 11.3 Å². The molecule has 1 fully saturated rings. The Balaban J connectivity index is 1.77. The van der Waals surface area contributed by atoms with Crippen LogP contribution in [0.3, 0.4) is 0 Å². The van der Waals surface area contributed by atoms with Crippen LogP contribution in [0.1, 0.15) is 31.9 Å². The van der Waals surface area contributed by atoms with E-state index in [0.29, 0.717) is 5.82 Å². The van der Waals surface area contributed by atoms with Crippen molar-refractivity contribution in [2.75, 3.05) is 17.6 Å². The quantitative estimate of drug-likeness (QED) is 0.896. The standard InChI is InChI=1S/C14H20N4S2/c1-8-4-3-5-10(8)6-16-13-11(12(15)18-20-13)14-17-9(2)7-19-14/h7-8,10,16H,3-6H2,1-2H3,(H2,15,18). The summed E-state index contributed by atoms with van der Waals surface area (Å²) in [5.74, 6) is 2.17. The third kappa shape index (κ3) is 2.67. The normalized spacial score (nSPS) is 22.3. The number of nitrogen functional groups attached to an aromatic ring is 1. The summed E-state index contributed by atoms with van der Waals surface area (Å²) < 4.78 is 4.29. The lowest BCUT2D eigenvalue weighted by atomic mass is 9.98. The average molecular weight is 308 g/mol. The molecule has 0 spiro atoms. The first-order valence-corrected chi connectivity index (χ1v) is 8.72. The molecule has 0 aromatic carbocycles. The van der Waals surface area contributed by atoms with E-state index in [1.807, 2.05) is 6.92 Å². The third-order valence-electron chi connectivity index (χ3n) is 4.12. The molecule has 2 aromatic heterocycles. The van der Waals surface area contributed by atoms with Crippen molar-refractivity contribution >= 4 is 33.7 Å². The van der Waals surface area contributed by atoms with E-state index in [4.69, 9.17) is 5.73 Å². The fourth-order valence-electron chi connectivity index (χ4n) is 2.85. The van der Waals surface area contributed by atoms with Gasteiger partial charge in [-0.25, -0.2) is 4.98 Å². The molecule has 2 unspecified atom stereocenters. The van der Waals surface area contributed by atoms with Crippen molar-refractivity contribution in [2.45, 2.75) is 33.1 Å². The van der Waals surface area contributed by atoms with Gasteiger partial charge in [0.25, 0.3) is 0 Å². The third-order valence-corrected chi connectivity index (χ3v) is 5.91. The zero-order chi connectivity index (χ0) is 14.1. The molecule has 0 amide bonds. The molecule has 0 saturated heterocycles. The summed E-state index contributed by atoms with van der Waals surface area (Å²) >= 11 is 3.08. The number of nitrogens with two attached hydrogens (primary N) is 1. The summed E-state index contributed by atoms with van der Waals surface area (Å²) in [4.78, 5) is 4.53. The van der Waals surface area contributed by atoms with E-state index in [9.17, 15) is 0 Å². The van der Waals surface area contributed by atoms with E-state index in [2.05, 4.69) is 27.0 Å². The van der Waals surface area contributed by atoms with Crippen LogP contribution in [0.25, 0.3) is 10.6 Å². The second kappa shape index (κ2) is 5.69. The van der Waals surface area contributed by atoms with Crippen molar-refractivity contribution < 1.29 is 0 Å². The molecule has 2 atom stereocenters. The fraction of sp³-hybridized carbons (Fsp3) is 0.571. The molecule has 3 N–H and O–H groups in total. The Morgan fingerprint density at radius 1 is 1.45 bits per heavy atom. The van der Waals surface area contributed by atoms with E-state index in [-0.39, 0.29) is 0 Å². The molecule has 3 rings (SSSR count). The number of thiazole rings is 1. The summed E-state index contributed by atoms with van der Waals surface area (Å²) in [6, 6.07) is 0. The summed E-state index contributed by atoms with van der Waals surface area (Å²) in [5.41, 5.74) is 8.04. The second-order valence-corrected chi connectivity index (χ2v) is 7.25. The Labute approximate surface area is 127 Å². The number of aryl methyl sites for hydroxylation is 1. The van der Waals surface area contributed by atoms with Crippen molar-refractivity contribution in [3.63, 3.8) is 0 Å². The zero-order valence-corrected chi connectivity index (χ0v) is 13.5. The minimum Gasteiger partial charge on any atom is -0.382 e. The summed E-state index contributed by atoms with van der Waals surface area (Å²) in [6.07, 6.45) is 4.04. The van der Waals surface area contributed by atoms with Gasteiger partial charge in [0, 0.05) is 17.6 Å². The van der Waals surface area contributed by atoms with Gasteiger partial charge in [0.1, 0.15) is 15.8 Å². The number of nitrogens with zero attached hydrogens (tertiary/aromatic N) is 2. The monoisotopic (exact) mass is 308 g/mol. The highest BCUT2D eigenvalue weighted by Crippen LogP contribution is 2.39. The first kappa shape index (κ1) is 13.8. The summed E-state index contributed by atoms with van der Waals surface area (Å²) in [6.45, 7) is 5.37. The van der Waals surface area contributed by atoms with Crippen LogP contribution in [0, 0.1) is 18.8 Å². The van der Waals surface area contributed by atoms with Crippen molar-refractivity contribution in [3.05, 3.63) is 11.1 Å². The highest BCUT2D eigenvalue weighted by atomic mass is 32.1.